The number of rotatable bonds is 5. The molecule has 5 aliphatic rings. The summed E-state index contributed by atoms with van der Waals surface area (Å²) in [5.41, 5.74) is 22.6. The van der Waals surface area contributed by atoms with Gasteiger partial charge in [-0.05, 0) is 155 Å². The van der Waals surface area contributed by atoms with Gasteiger partial charge in [-0.2, -0.15) is 0 Å². The molecule has 2 heteroatoms. The van der Waals surface area contributed by atoms with Gasteiger partial charge in [0.05, 0.1) is 5.71 Å². The Morgan fingerprint density at radius 2 is 0.848 bits per heavy atom. The minimum absolute atomic E-state index is 0.0750. The number of allylic oxidation sites excluding steroid dienone is 1. The summed E-state index contributed by atoms with van der Waals surface area (Å²) in [6.07, 6.45) is 11.9. The van der Waals surface area contributed by atoms with Gasteiger partial charge in [-0.3, -0.25) is 4.99 Å². The van der Waals surface area contributed by atoms with E-state index in [-0.39, 0.29) is 17.0 Å². The third-order valence-electron chi connectivity index (χ3n) is 16.4. The molecule has 0 aromatic heterocycles. The Labute approximate surface area is 387 Å². The van der Waals surface area contributed by atoms with Gasteiger partial charge in [0, 0.05) is 16.5 Å². The quantitative estimate of drug-likeness (QED) is 0.172. The average molecular weight is 847 g/mol. The molecule has 0 amide bonds. The fourth-order valence-corrected chi connectivity index (χ4v) is 13.5. The Kier molecular flexibility index (Phi) is 8.42. The first-order valence-corrected chi connectivity index (χ1v) is 24.3. The lowest BCUT2D eigenvalue weighted by molar-refractivity contribution is 0.550. The van der Waals surface area contributed by atoms with Crippen LogP contribution in [0.4, 0.5) is 0 Å². The predicted molar refractivity (Wildman–Crippen MR) is 275 cm³/mol. The zero-order valence-corrected chi connectivity index (χ0v) is 37.2. The molecule has 1 unspecified atom stereocenters. The lowest BCUT2D eigenvalue weighted by Gasteiger charge is -2.28. The van der Waals surface area contributed by atoms with Crippen LogP contribution >= 0.6 is 0 Å². The standard InChI is InChI=1S/C64H50N2/c1-3-17-41(18-4-1)58-40-59(42-19-5-2-6-20-42)66-62(65-58)45-29-32-52-53(37-45)61(44-28-31-49-47-22-10-12-26-55(47)64(57(49)39-44)35-15-16-36-64)51-24-8-7-23-50(51)60(52)43-27-30-48-46-21-9-11-25-54(46)63(56(48)38-43)33-13-14-34-63/h1-12,17-32,37-40,62,65H,13-16,33-36H2. The van der Waals surface area contributed by atoms with E-state index < -0.39 is 0 Å². The maximum Gasteiger partial charge on any atom is 0.145 e. The van der Waals surface area contributed by atoms with E-state index >= 15 is 0 Å². The minimum Gasteiger partial charge on any atom is -0.360 e. The molecule has 0 radical (unpaired) electrons. The Morgan fingerprint density at radius 1 is 0.379 bits per heavy atom. The van der Waals surface area contributed by atoms with Crippen molar-refractivity contribution < 1.29 is 0 Å². The van der Waals surface area contributed by atoms with E-state index in [2.05, 4.69) is 199 Å². The van der Waals surface area contributed by atoms with Crippen LogP contribution in [0.2, 0.25) is 0 Å². The normalized spacial score (nSPS) is 18.2. The minimum atomic E-state index is -0.287. The molecule has 316 valence electrons. The molecule has 9 aromatic rings. The average Bonchev–Trinajstić information content (AvgIpc) is 4.20. The zero-order valence-electron chi connectivity index (χ0n) is 37.2. The fourth-order valence-electron chi connectivity index (χ4n) is 13.5. The van der Waals surface area contributed by atoms with Gasteiger partial charge in [0.2, 0.25) is 0 Å². The largest absolute Gasteiger partial charge is 0.360 e. The molecule has 9 aromatic carbocycles. The summed E-state index contributed by atoms with van der Waals surface area (Å²) >= 11 is 0. The van der Waals surface area contributed by atoms with Crippen molar-refractivity contribution in [1.29, 1.82) is 0 Å². The zero-order chi connectivity index (χ0) is 43.4. The molecule has 2 fully saturated rings. The SMILES string of the molecule is C1=C(c2ccccc2)NC(c2ccc3c(-c4ccc5c(c4)C4(CCCC4)c4ccccc4-5)c4ccccc4c(-c4ccc5c(c4)C4(CCCC4)c4ccccc4-5)c3c2)N=C1c1ccccc1. The first kappa shape index (κ1) is 38.0. The molecule has 1 N–H and O–H groups in total. The van der Waals surface area contributed by atoms with E-state index in [0.29, 0.717) is 0 Å². The number of nitrogens with one attached hydrogen (secondary N) is 1. The van der Waals surface area contributed by atoms with Crippen molar-refractivity contribution in [3.05, 3.63) is 233 Å². The number of aliphatic imine (C=N–C) groups is 1. The summed E-state index contributed by atoms with van der Waals surface area (Å²) in [4.78, 5) is 5.50. The molecule has 1 atom stereocenters. The second-order valence-electron chi connectivity index (χ2n) is 19.6. The van der Waals surface area contributed by atoms with Crippen molar-refractivity contribution in [2.24, 2.45) is 4.99 Å². The van der Waals surface area contributed by atoms with Crippen molar-refractivity contribution in [1.82, 2.24) is 5.32 Å². The van der Waals surface area contributed by atoms with Crippen molar-refractivity contribution in [2.45, 2.75) is 68.4 Å². The maximum absolute atomic E-state index is 5.50. The fraction of sp³-hybridized carbons (Fsp3) is 0.172. The molecular weight excluding hydrogens is 797 g/mol. The summed E-state index contributed by atoms with van der Waals surface area (Å²) in [7, 11) is 0. The first-order valence-electron chi connectivity index (χ1n) is 24.3. The van der Waals surface area contributed by atoms with E-state index in [4.69, 9.17) is 4.99 Å². The van der Waals surface area contributed by atoms with Crippen LogP contribution in [0.15, 0.2) is 199 Å². The van der Waals surface area contributed by atoms with Crippen LogP contribution in [0.25, 0.3) is 71.7 Å². The molecule has 1 aliphatic heterocycles. The Bertz CT molecular complexity index is 3510. The third-order valence-corrected chi connectivity index (χ3v) is 16.4. The van der Waals surface area contributed by atoms with Crippen molar-refractivity contribution in [3.8, 4) is 44.5 Å². The van der Waals surface area contributed by atoms with Crippen LogP contribution in [0.3, 0.4) is 0 Å². The number of benzene rings is 9. The summed E-state index contributed by atoms with van der Waals surface area (Å²) in [6.45, 7) is 0. The van der Waals surface area contributed by atoms with Gasteiger partial charge in [0.1, 0.15) is 6.17 Å². The van der Waals surface area contributed by atoms with Crippen molar-refractivity contribution in [2.75, 3.05) is 0 Å². The molecule has 0 bridgehead atoms. The second-order valence-corrected chi connectivity index (χ2v) is 19.6. The van der Waals surface area contributed by atoms with Gasteiger partial charge in [-0.25, -0.2) is 0 Å². The summed E-state index contributed by atoms with van der Waals surface area (Å²) in [5.74, 6) is 0. The van der Waals surface area contributed by atoms with Gasteiger partial charge in [-0.1, -0.05) is 196 Å². The highest BCUT2D eigenvalue weighted by Gasteiger charge is 2.46. The Balaban J connectivity index is 1.02. The van der Waals surface area contributed by atoms with Crippen molar-refractivity contribution >= 4 is 33.0 Å². The highest BCUT2D eigenvalue weighted by atomic mass is 15.1. The van der Waals surface area contributed by atoms with Crippen molar-refractivity contribution in [3.63, 3.8) is 0 Å². The lowest BCUT2D eigenvalue weighted by atomic mass is 9.75. The van der Waals surface area contributed by atoms with E-state index in [1.54, 1.807) is 0 Å². The predicted octanol–water partition coefficient (Wildman–Crippen LogP) is 16.1. The van der Waals surface area contributed by atoms with Crippen LogP contribution in [0, 0.1) is 0 Å². The molecular formula is C64H50N2. The number of hydrogen-bond acceptors (Lipinski definition) is 2. The molecule has 2 saturated carbocycles. The van der Waals surface area contributed by atoms with Crippen LogP contribution in [-0.2, 0) is 10.8 Å². The monoisotopic (exact) mass is 846 g/mol. The molecule has 2 nitrogen and oxygen atoms in total. The molecule has 1 heterocycles. The van der Waals surface area contributed by atoms with Gasteiger partial charge in [0.15, 0.2) is 0 Å². The third kappa shape index (κ3) is 5.51. The topological polar surface area (TPSA) is 24.4 Å². The number of fused-ring (bicyclic) bond motifs is 12. The highest BCUT2D eigenvalue weighted by Crippen LogP contribution is 2.60. The summed E-state index contributed by atoms with van der Waals surface area (Å²) < 4.78 is 0. The molecule has 0 saturated heterocycles. The number of nitrogens with zero attached hydrogens (tertiary/aromatic N) is 1. The Hall–Kier alpha value is -7.29. The summed E-state index contributed by atoms with van der Waals surface area (Å²) in [5, 5.41) is 9.06. The smallest absolute Gasteiger partial charge is 0.145 e. The van der Waals surface area contributed by atoms with Gasteiger partial charge < -0.3 is 5.32 Å². The van der Waals surface area contributed by atoms with Crippen LogP contribution in [0.5, 0.6) is 0 Å². The van der Waals surface area contributed by atoms with E-state index in [0.717, 1.165) is 28.1 Å². The Morgan fingerprint density at radius 3 is 1.42 bits per heavy atom. The van der Waals surface area contributed by atoms with Gasteiger partial charge in [-0.15, -0.1) is 0 Å². The van der Waals surface area contributed by atoms with E-state index in [1.807, 2.05) is 0 Å². The maximum atomic E-state index is 5.50. The first-order chi connectivity index (χ1) is 32.7. The molecule has 4 aliphatic carbocycles. The van der Waals surface area contributed by atoms with Crippen LogP contribution in [0.1, 0.15) is 96.5 Å². The molecule has 14 rings (SSSR count). The van der Waals surface area contributed by atoms with Gasteiger partial charge in [0.25, 0.3) is 0 Å². The summed E-state index contributed by atoms with van der Waals surface area (Å²) in [6, 6.07) is 71.3. The van der Waals surface area contributed by atoms with E-state index in [9.17, 15) is 0 Å². The van der Waals surface area contributed by atoms with E-state index in [1.165, 1.54) is 140 Å². The number of hydrogen-bond donors (Lipinski definition) is 1. The van der Waals surface area contributed by atoms with Crippen LogP contribution < -0.4 is 5.32 Å². The second kappa shape index (κ2) is 14.6. The lowest BCUT2D eigenvalue weighted by Crippen LogP contribution is -2.24. The van der Waals surface area contributed by atoms with Gasteiger partial charge >= 0.3 is 0 Å². The highest BCUT2D eigenvalue weighted by molar-refractivity contribution is 6.22. The molecule has 66 heavy (non-hydrogen) atoms. The molecule has 2 spiro atoms. The van der Waals surface area contributed by atoms with Crippen LogP contribution in [-0.4, -0.2) is 5.71 Å².